The normalized spacial score (nSPS) is 12.8. The molecule has 3 N–H and O–H groups in total. The number of amides is 1. The average Bonchev–Trinajstić information content (AvgIpc) is 2.54. The Kier molecular flexibility index (Phi) is 8.29. The molecule has 136 valence electrons. The standard InChI is InChI=1S/C18H19ClF2N2O.ClH/c1-11(22)6-9-17(24)23-18(13-4-2-3-5-15(13)19)14-10-12(20)7-8-16(14)21;/h2-5,7-8,10-11,18H,6,9,22H2,1H3,(H,23,24);1H. The molecule has 0 saturated carbocycles. The second-order valence-corrected chi connectivity index (χ2v) is 6.11. The number of rotatable bonds is 6. The summed E-state index contributed by atoms with van der Waals surface area (Å²) in [6.45, 7) is 1.80. The van der Waals surface area contributed by atoms with Gasteiger partial charge in [-0.15, -0.1) is 12.4 Å². The molecule has 0 aliphatic carbocycles. The van der Waals surface area contributed by atoms with Crippen LogP contribution in [0.1, 0.15) is 36.9 Å². The van der Waals surface area contributed by atoms with Gasteiger partial charge >= 0.3 is 0 Å². The van der Waals surface area contributed by atoms with Gasteiger partial charge in [0.1, 0.15) is 11.6 Å². The summed E-state index contributed by atoms with van der Waals surface area (Å²) in [5.41, 5.74) is 6.17. The van der Waals surface area contributed by atoms with E-state index in [2.05, 4.69) is 5.32 Å². The highest BCUT2D eigenvalue weighted by molar-refractivity contribution is 6.31. The molecule has 2 aromatic carbocycles. The van der Waals surface area contributed by atoms with Crippen LogP contribution in [0.3, 0.4) is 0 Å². The maximum Gasteiger partial charge on any atom is 0.220 e. The molecule has 2 aromatic rings. The molecule has 0 bridgehead atoms. The maximum absolute atomic E-state index is 14.2. The molecule has 3 nitrogen and oxygen atoms in total. The van der Waals surface area contributed by atoms with E-state index in [0.29, 0.717) is 17.0 Å². The van der Waals surface area contributed by atoms with Gasteiger partial charge in [-0.05, 0) is 43.2 Å². The summed E-state index contributed by atoms with van der Waals surface area (Å²) in [7, 11) is 0. The first-order chi connectivity index (χ1) is 11.4. The van der Waals surface area contributed by atoms with Crippen molar-refractivity contribution >= 4 is 29.9 Å². The van der Waals surface area contributed by atoms with Crippen LogP contribution >= 0.6 is 24.0 Å². The average molecular weight is 389 g/mol. The van der Waals surface area contributed by atoms with Gasteiger partial charge in [0.2, 0.25) is 5.91 Å². The number of halogens is 4. The van der Waals surface area contributed by atoms with E-state index >= 15 is 0 Å². The van der Waals surface area contributed by atoms with E-state index in [1.54, 1.807) is 31.2 Å². The highest BCUT2D eigenvalue weighted by Crippen LogP contribution is 2.30. The lowest BCUT2D eigenvalue weighted by atomic mass is 9.97. The predicted octanol–water partition coefficient (Wildman–Crippen LogP) is 4.37. The van der Waals surface area contributed by atoms with Gasteiger partial charge < -0.3 is 11.1 Å². The van der Waals surface area contributed by atoms with Crippen molar-refractivity contribution in [3.63, 3.8) is 0 Å². The Hall–Kier alpha value is -1.69. The van der Waals surface area contributed by atoms with E-state index in [1.165, 1.54) is 0 Å². The quantitative estimate of drug-likeness (QED) is 0.771. The van der Waals surface area contributed by atoms with Gasteiger partial charge in [-0.2, -0.15) is 0 Å². The van der Waals surface area contributed by atoms with E-state index in [4.69, 9.17) is 17.3 Å². The molecule has 0 aliphatic rings. The molecule has 0 spiro atoms. The summed E-state index contributed by atoms with van der Waals surface area (Å²) in [5, 5.41) is 3.09. The monoisotopic (exact) mass is 388 g/mol. The van der Waals surface area contributed by atoms with Gasteiger partial charge in [-0.1, -0.05) is 29.8 Å². The van der Waals surface area contributed by atoms with Crippen molar-refractivity contribution in [1.82, 2.24) is 5.32 Å². The van der Waals surface area contributed by atoms with Crippen LogP contribution in [0.4, 0.5) is 8.78 Å². The molecule has 0 aromatic heterocycles. The minimum Gasteiger partial charge on any atom is -0.345 e. The Morgan fingerprint density at radius 2 is 1.88 bits per heavy atom. The van der Waals surface area contributed by atoms with Gasteiger partial charge in [0, 0.05) is 23.0 Å². The molecule has 0 radical (unpaired) electrons. The van der Waals surface area contributed by atoms with Gasteiger partial charge in [0.15, 0.2) is 0 Å². The number of benzene rings is 2. The fourth-order valence-corrected chi connectivity index (χ4v) is 2.60. The Bertz CT molecular complexity index is 726. The zero-order chi connectivity index (χ0) is 17.7. The summed E-state index contributed by atoms with van der Waals surface area (Å²) in [6, 6.07) is 8.87. The van der Waals surface area contributed by atoms with Crippen molar-refractivity contribution in [2.75, 3.05) is 0 Å². The number of carbonyl (C=O) groups excluding carboxylic acids is 1. The van der Waals surface area contributed by atoms with Crippen LogP contribution in [0.25, 0.3) is 0 Å². The molecule has 2 rings (SSSR count). The first-order valence-electron chi connectivity index (χ1n) is 7.62. The number of hydrogen-bond donors (Lipinski definition) is 2. The van der Waals surface area contributed by atoms with Gasteiger partial charge in [0.05, 0.1) is 6.04 Å². The number of carbonyl (C=O) groups is 1. The first-order valence-corrected chi connectivity index (χ1v) is 8.00. The van der Waals surface area contributed by atoms with Crippen molar-refractivity contribution in [2.45, 2.75) is 31.8 Å². The van der Waals surface area contributed by atoms with Gasteiger partial charge in [-0.3, -0.25) is 4.79 Å². The van der Waals surface area contributed by atoms with Crippen LogP contribution in [-0.4, -0.2) is 11.9 Å². The van der Waals surface area contributed by atoms with Crippen molar-refractivity contribution in [3.8, 4) is 0 Å². The number of nitrogens with one attached hydrogen (secondary N) is 1. The molecule has 2 atom stereocenters. The highest BCUT2D eigenvalue weighted by Gasteiger charge is 2.23. The maximum atomic E-state index is 14.2. The third-order valence-corrected chi connectivity index (χ3v) is 3.96. The van der Waals surface area contributed by atoms with Crippen molar-refractivity contribution in [2.24, 2.45) is 5.73 Å². The smallest absolute Gasteiger partial charge is 0.220 e. The molecular weight excluding hydrogens is 369 g/mol. The molecule has 0 fully saturated rings. The summed E-state index contributed by atoms with van der Waals surface area (Å²) >= 11 is 6.18. The number of nitrogens with two attached hydrogens (primary N) is 1. The Balaban J connectivity index is 0.00000312. The minimum atomic E-state index is -0.880. The van der Waals surface area contributed by atoms with Gasteiger partial charge in [0.25, 0.3) is 0 Å². The van der Waals surface area contributed by atoms with Crippen molar-refractivity contribution < 1.29 is 13.6 Å². The van der Waals surface area contributed by atoms with E-state index < -0.39 is 17.7 Å². The number of hydrogen-bond acceptors (Lipinski definition) is 2. The summed E-state index contributed by atoms with van der Waals surface area (Å²) in [4.78, 5) is 12.2. The summed E-state index contributed by atoms with van der Waals surface area (Å²) in [6.07, 6.45) is 0.683. The first kappa shape index (κ1) is 21.4. The van der Waals surface area contributed by atoms with Gasteiger partial charge in [-0.25, -0.2) is 8.78 Å². The molecule has 25 heavy (non-hydrogen) atoms. The van der Waals surface area contributed by atoms with Crippen LogP contribution in [-0.2, 0) is 4.79 Å². The molecule has 0 saturated heterocycles. The van der Waals surface area contributed by atoms with E-state index in [9.17, 15) is 13.6 Å². The topological polar surface area (TPSA) is 55.1 Å². The van der Waals surface area contributed by atoms with Crippen LogP contribution in [0, 0.1) is 11.6 Å². The third-order valence-electron chi connectivity index (χ3n) is 3.62. The predicted molar refractivity (Wildman–Crippen MR) is 97.9 cm³/mol. The van der Waals surface area contributed by atoms with E-state index in [-0.39, 0.29) is 36.3 Å². The lowest BCUT2D eigenvalue weighted by molar-refractivity contribution is -0.121. The zero-order valence-corrected chi connectivity index (χ0v) is 15.2. The molecule has 2 unspecified atom stereocenters. The molecule has 1 amide bonds. The zero-order valence-electron chi connectivity index (χ0n) is 13.6. The Morgan fingerprint density at radius 1 is 1.20 bits per heavy atom. The third kappa shape index (κ3) is 5.96. The molecule has 0 aliphatic heterocycles. The lowest BCUT2D eigenvalue weighted by Gasteiger charge is -2.22. The summed E-state index contributed by atoms with van der Waals surface area (Å²) < 4.78 is 27.8. The SMILES string of the molecule is CC(N)CCC(=O)NC(c1cc(F)ccc1F)c1ccccc1Cl.Cl. The molecule has 0 heterocycles. The van der Waals surface area contributed by atoms with Crippen LogP contribution in [0.15, 0.2) is 42.5 Å². The summed E-state index contributed by atoms with van der Waals surface area (Å²) in [5.74, 6) is -1.51. The highest BCUT2D eigenvalue weighted by atomic mass is 35.5. The van der Waals surface area contributed by atoms with Crippen molar-refractivity contribution in [1.29, 1.82) is 0 Å². The Labute approximate surface area is 157 Å². The minimum absolute atomic E-state index is 0. The van der Waals surface area contributed by atoms with Crippen LogP contribution in [0.2, 0.25) is 5.02 Å². The van der Waals surface area contributed by atoms with Crippen molar-refractivity contribution in [3.05, 3.63) is 70.2 Å². The Morgan fingerprint density at radius 3 is 2.52 bits per heavy atom. The fraction of sp³-hybridized carbons (Fsp3) is 0.278. The van der Waals surface area contributed by atoms with Crippen LogP contribution < -0.4 is 11.1 Å². The second-order valence-electron chi connectivity index (χ2n) is 5.70. The second kappa shape index (κ2) is 9.70. The van der Waals surface area contributed by atoms with Crippen LogP contribution in [0.5, 0.6) is 0 Å². The van der Waals surface area contributed by atoms with E-state index in [0.717, 1.165) is 18.2 Å². The fourth-order valence-electron chi connectivity index (χ4n) is 2.36. The molecular formula is C18H20Cl2F2N2O. The molecule has 7 heteroatoms. The van der Waals surface area contributed by atoms with E-state index in [1.807, 2.05) is 0 Å². The largest absolute Gasteiger partial charge is 0.345 e. The lowest BCUT2D eigenvalue weighted by Crippen LogP contribution is -2.31.